The van der Waals surface area contributed by atoms with Crippen LogP contribution in [-0.2, 0) is 0 Å². The fourth-order valence-electron chi connectivity index (χ4n) is 3.35. The van der Waals surface area contributed by atoms with Crippen LogP contribution in [0.3, 0.4) is 0 Å². The molecule has 2 aromatic carbocycles. The van der Waals surface area contributed by atoms with Crippen LogP contribution >= 0.6 is 11.6 Å². The number of hydrogen-bond donors (Lipinski definition) is 2. The van der Waals surface area contributed by atoms with Gasteiger partial charge in [0.15, 0.2) is 0 Å². The molecular weight excluding hydrogens is 441 g/mol. The normalized spacial score (nSPS) is 11.2. The first-order valence-electron chi connectivity index (χ1n) is 9.35. The monoisotopic (exact) mass is 456 g/mol. The fraction of sp³-hybridized carbons (Fsp3) is 0.0909. The molecule has 0 radical (unpaired) electrons. The number of anilines is 2. The van der Waals surface area contributed by atoms with E-state index >= 15 is 0 Å². The summed E-state index contributed by atoms with van der Waals surface area (Å²) in [6.45, 7) is 0. The van der Waals surface area contributed by atoms with Gasteiger partial charge in [-0.1, -0.05) is 29.8 Å². The molecule has 4 aromatic rings. The minimum atomic E-state index is -2.64. The number of halogens is 4. The average Bonchev–Trinajstić information content (AvgIpc) is 2.79. The Hall–Kier alpha value is -3.72. The molecule has 2 N–H and O–H groups in total. The zero-order valence-electron chi connectivity index (χ0n) is 16.7. The molecule has 2 heterocycles. The molecule has 0 saturated heterocycles. The lowest BCUT2D eigenvalue weighted by Gasteiger charge is -2.22. The molecule has 0 bridgehead atoms. The number of fused-ring (bicyclic) bond motifs is 1. The smallest absolute Gasteiger partial charge is 0.280 e. The van der Waals surface area contributed by atoms with Crippen molar-refractivity contribution in [3.8, 4) is 11.1 Å². The molecule has 0 fully saturated rings. The molecular formula is C22H16ClF3N6. The summed E-state index contributed by atoms with van der Waals surface area (Å²) in [5, 5.41) is 16.0. The van der Waals surface area contributed by atoms with Gasteiger partial charge in [0, 0.05) is 29.9 Å². The van der Waals surface area contributed by atoms with Gasteiger partial charge in [-0.15, -0.1) is 0 Å². The Bertz CT molecular complexity index is 1390. The molecule has 0 amide bonds. The van der Waals surface area contributed by atoms with Crippen molar-refractivity contribution >= 4 is 40.3 Å². The first-order valence-corrected chi connectivity index (χ1v) is 9.72. The second-order valence-corrected chi connectivity index (χ2v) is 7.33. The SMILES string of the molecule is CN(c1cccc(-c2ccc(C(F)F)nc2)c1)c1nc(=N)n(C=N)c2cc(Cl)c(F)cc12. The van der Waals surface area contributed by atoms with Crippen molar-refractivity contribution in [3.05, 3.63) is 76.9 Å². The van der Waals surface area contributed by atoms with E-state index in [0.29, 0.717) is 28.0 Å². The summed E-state index contributed by atoms with van der Waals surface area (Å²) in [7, 11) is 1.71. The van der Waals surface area contributed by atoms with Crippen molar-refractivity contribution in [3.63, 3.8) is 0 Å². The van der Waals surface area contributed by atoms with Gasteiger partial charge in [0.05, 0.1) is 16.9 Å². The number of rotatable bonds is 5. The summed E-state index contributed by atoms with van der Waals surface area (Å²) >= 11 is 5.93. The average molecular weight is 457 g/mol. The maximum atomic E-state index is 14.3. The van der Waals surface area contributed by atoms with Gasteiger partial charge >= 0.3 is 0 Å². The van der Waals surface area contributed by atoms with E-state index < -0.39 is 12.2 Å². The van der Waals surface area contributed by atoms with Crippen LogP contribution < -0.4 is 10.5 Å². The van der Waals surface area contributed by atoms with Gasteiger partial charge in [0.25, 0.3) is 6.43 Å². The summed E-state index contributed by atoms with van der Waals surface area (Å²) in [5.74, 6) is -0.356. The third-order valence-electron chi connectivity index (χ3n) is 5.00. The minimum Gasteiger partial charge on any atom is -0.329 e. The highest BCUT2D eigenvalue weighted by atomic mass is 35.5. The first-order chi connectivity index (χ1) is 15.3. The number of pyridine rings is 1. The fourth-order valence-corrected chi connectivity index (χ4v) is 3.51. The van der Waals surface area contributed by atoms with E-state index in [0.717, 1.165) is 11.9 Å². The Labute approximate surface area is 185 Å². The largest absolute Gasteiger partial charge is 0.329 e. The maximum Gasteiger partial charge on any atom is 0.280 e. The number of hydrogen-bond acceptors (Lipinski definition) is 5. The molecule has 0 saturated carbocycles. The minimum absolute atomic E-state index is 0.131. The maximum absolute atomic E-state index is 14.3. The lowest BCUT2D eigenvalue weighted by molar-refractivity contribution is 0.146. The summed E-state index contributed by atoms with van der Waals surface area (Å²) in [6, 6.07) is 12.6. The summed E-state index contributed by atoms with van der Waals surface area (Å²) < 4.78 is 41.0. The van der Waals surface area contributed by atoms with Crippen LogP contribution in [0.5, 0.6) is 0 Å². The van der Waals surface area contributed by atoms with Crippen LogP contribution in [0.25, 0.3) is 22.0 Å². The molecule has 2 aromatic heterocycles. The van der Waals surface area contributed by atoms with Gasteiger partial charge in [-0.05, 0) is 35.9 Å². The standard InChI is InChI=1S/C22H16ClF3N6/c1-31(14-4-2-3-12(7-14)13-5-6-18(20(25)26)29-10-13)21-15-8-17(24)16(23)9-19(15)32(11-27)22(28)30-21/h2-11,20,27-28H,1H3. The Morgan fingerprint density at radius 3 is 2.56 bits per heavy atom. The van der Waals surface area contributed by atoms with E-state index in [1.807, 2.05) is 6.07 Å². The van der Waals surface area contributed by atoms with E-state index in [2.05, 4.69) is 9.97 Å². The quantitative estimate of drug-likeness (QED) is 0.306. The highest BCUT2D eigenvalue weighted by molar-refractivity contribution is 6.31. The summed E-state index contributed by atoms with van der Waals surface area (Å²) in [5.41, 5.74) is 1.88. The topological polar surface area (TPSA) is 81.7 Å². The van der Waals surface area contributed by atoms with Gasteiger partial charge in [-0.3, -0.25) is 20.4 Å². The molecule has 0 aliphatic heterocycles. The lowest BCUT2D eigenvalue weighted by atomic mass is 10.1. The Morgan fingerprint density at radius 2 is 1.91 bits per heavy atom. The van der Waals surface area contributed by atoms with Crippen molar-refractivity contribution in [2.24, 2.45) is 0 Å². The van der Waals surface area contributed by atoms with Crippen molar-refractivity contribution in [2.75, 3.05) is 11.9 Å². The van der Waals surface area contributed by atoms with Crippen molar-refractivity contribution < 1.29 is 13.2 Å². The third-order valence-corrected chi connectivity index (χ3v) is 5.29. The third kappa shape index (κ3) is 3.82. The number of aromatic nitrogens is 3. The number of alkyl halides is 2. The molecule has 10 heteroatoms. The molecule has 0 spiro atoms. The van der Waals surface area contributed by atoms with Crippen LogP contribution in [0.1, 0.15) is 12.1 Å². The molecule has 32 heavy (non-hydrogen) atoms. The van der Waals surface area contributed by atoms with Crippen molar-refractivity contribution in [1.29, 1.82) is 10.8 Å². The van der Waals surface area contributed by atoms with Gasteiger partial charge in [-0.25, -0.2) is 13.2 Å². The Balaban J connectivity index is 1.82. The van der Waals surface area contributed by atoms with Crippen LogP contribution in [0.2, 0.25) is 5.02 Å². The molecule has 0 unspecified atom stereocenters. The van der Waals surface area contributed by atoms with Crippen LogP contribution in [0, 0.1) is 16.6 Å². The van der Waals surface area contributed by atoms with Crippen LogP contribution in [0.4, 0.5) is 24.7 Å². The predicted molar refractivity (Wildman–Crippen MR) is 117 cm³/mol. The van der Waals surface area contributed by atoms with E-state index in [1.165, 1.54) is 29.0 Å². The van der Waals surface area contributed by atoms with E-state index in [9.17, 15) is 13.2 Å². The van der Waals surface area contributed by atoms with Crippen molar-refractivity contribution in [1.82, 2.24) is 14.5 Å². The summed E-state index contributed by atoms with van der Waals surface area (Å²) in [6.07, 6.45) is -0.356. The highest BCUT2D eigenvalue weighted by Crippen LogP contribution is 2.33. The predicted octanol–water partition coefficient (Wildman–Crippen LogP) is 5.53. The zero-order valence-corrected chi connectivity index (χ0v) is 17.4. The molecule has 0 aliphatic rings. The van der Waals surface area contributed by atoms with Gasteiger partial charge < -0.3 is 4.90 Å². The molecule has 0 aliphatic carbocycles. The Kier molecular flexibility index (Phi) is 5.67. The van der Waals surface area contributed by atoms with Crippen LogP contribution in [0.15, 0.2) is 54.7 Å². The van der Waals surface area contributed by atoms with Gasteiger partial charge in [0.1, 0.15) is 17.3 Å². The van der Waals surface area contributed by atoms with Gasteiger partial charge in [-0.2, -0.15) is 4.98 Å². The Morgan fingerprint density at radius 1 is 1.12 bits per heavy atom. The second kappa shape index (κ2) is 8.43. The number of nitrogens with one attached hydrogen (secondary N) is 2. The zero-order chi connectivity index (χ0) is 23.0. The molecule has 4 rings (SSSR count). The van der Waals surface area contributed by atoms with Gasteiger partial charge in [0.2, 0.25) is 5.62 Å². The first kappa shape index (κ1) is 21.5. The van der Waals surface area contributed by atoms with E-state index in [-0.39, 0.29) is 16.3 Å². The second-order valence-electron chi connectivity index (χ2n) is 6.92. The molecule has 6 nitrogen and oxygen atoms in total. The summed E-state index contributed by atoms with van der Waals surface area (Å²) in [4.78, 5) is 9.72. The van der Waals surface area contributed by atoms with Crippen molar-refractivity contribution in [2.45, 2.75) is 6.43 Å². The van der Waals surface area contributed by atoms with E-state index in [1.54, 1.807) is 36.2 Å². The highest BCUT2D eigenvalue weighted by Gasteiger charge is 2.17. The van der Waals surface area contributed by atoms with E-state index in [4.69, 9.17) is 22.4 Å². The molecule has 0 atom stereocenters. The van der Waals surface area contributed by atoms with Crippen LogP contribution in [-0.4, -0.2) is 27.9 Å². The lowest BCUT2D eigenvalue weighted by Crippen LogP contribution is -2.26. The molecule has 162 valence electrons. The number of benzene rings is 2. The number of nitrogens with zero attached hydrogens (tertiary/aromatic N) is 4.